The molecule has 2 heterocycles. The Hall–Kier alpha value is -1.29. The van der Waals surface area contributed by atoms with E-state index in [0.29, 0.717) is 6.61 Å². The van der Waals surface area contributed by atoms with Gasteiger partial charge in [-0.15, -0.1) is 0 Å². The lowest BCUT2D eigenvalue weighted by Gasteiger charge is -2.15. The van der Waals surface area contributed by atoms with Crippen molar-refractivity contribution in [3.05, 3.63) is 24.0 Å². The number of allylic oxidation sites excluding steroid dienone is 1. The third-order valence-electron chi connectivity index (χ3n) is 2.48. The van der Waals surface area contributed by atoms with Crippen molar-refractivity contribution >= 4 is 5.69 Å². The smallest absolute Gasteiger partial charge is 0.102 e. The fraction of sp³-hybridized carbons (Fsp3) is 0.500. The van der Waals surface area contributed by atoms with Crippen LogP contribution in [0.25, 0.3) is 0 Å². The SMILES string of the molecule is Cn1ncc(N)c1C1CCC=CCO1. The van der Waals surface area contributed by atoms with E-state index >= 15 is 0 Å². The van der Waals surface area contributed by atoms with Crippen LogP contribution in [0.3, 0.4) is 0 Å². The van der Waals surface area contributed by atoms with Crippen molar-refractivity contribution in [1.29, 1.82) is 0 Å². The van der Waals surface area contributed by atoms with Crippen molar-refractivity contribution in [2.24, 2.45) is 7.05 Å². The second-order valence-electron chi connectivity index (χ2n) is 3.48. The number of rotatable bonds is 1. The highest BCUT2D eigenvalue weighted by Gasteiger charge is 2.19. The summed E-state index contributed by atoms with van der Waals surface area (Å²) in [5, 5.41) is 4.11. The van der Waals surface area contributed by atoms with Gasteiger partial charge in [-0.25, -0.2) is 0 Å². The second-order valence-corrected chi connectivity index (χ2v) is 3.48. The van der Waals surface area contributed by atoms with Gasteiger partial charge >= 0.3 is 0 Å². The molecule has 0 radical (unpaired) electrons. The predicted octanol–water partition coefficient (Wildman–Crippen LogP) is 1.41. The molecule has 14 heavy (non-hydrogen) atoms. The van der Waals surface area contributed by atoms with E-state index in [1.165, 1.54) is 0 Å². The molecule has 2 rings (SSSR count). The first-order chi connectivity index (χ1) is 6.79. The Morgan fingerprint density at radius 2 is 2.43 bits per heavy atom. The van der Waals surface area contributed by atoms with Gasteiger partial charge in [0.05, 0.1) is 24.2 Å². The van der Waals surface area contributed by atoms with E-state index in [1.807, 2.05) is 13.1 Å². The van der Waals surface area contributed by atoms with Gasteiger partial charge in [0, 0.05) is 7.05 Å². The van der Waals surface area contributed by atoms with Crippen molar-refractivity contribution in [3.8, 4) is 0 Å². The van der Waals surface area contributed by atoms with Crippen molar-refractivity contribution < 1.29 is 4.74 Å². The molecule has 0 saturated heterocycles. The van der Waals surface area contributed by atoms with E-state index in [0.717, 1.165) is 24.2 Å². The summed E-state index contributed by atoms with van der Waals surface area (Å²) in [5.41, 5.74) is 7.56. The van der Waals surface area contributed by atoms with Crippen LogP contribution in [-0.2, 0) is 11.8 Å². The molecule has 1 atom stereocenters. The van der Waals surface area contributed by atoms with E-state index in [2.05, 4.69) is 11.2 Å². The Kier molecular flexibility index (Phi) is 2.54. The molecule has 2 N–H and O–H groups in total. The van der Waals surface area contributed by atoms with Crippen LogP contribution in [0.15, 0.2) is 18.3 Å². The molecule has 0 spiro atoms. The van der Waals surface area contributed by atoms with Crippen molar-refractivity contribution in [1.82, 2.24) is 9.78 Å². The summed E-state index contributed by atoms with van der Waals surface area (Å²) in [6, 6.07) is 0. The third-order valence-corrected chi connectivity index (χ3v) is 2.48. The molecule has 1 aliphatic rings. The Bertz CT molecular complexity index is 314. The molecular formula is C10H15N3O. The van der Waals surface area contributed by atoms with Crippen LogP contribution in [-0.4, -0.2) is 16.4 Å². The molecule has 1 aromatic heterocycles. The first-order valence-corrected chi connectivity index (χ1v) is 4.83. The molecule has 0 amide bonds. The van der Waals surface area contributed by atoms with Gasteiger partial charge in [0.1, 0.15) is 6.10 Å². The minimum atomic E-state index is 0.0810. The van der Waals surface area contributed by atoms with Gasteiger partial charge in [0.15, 0.2) is 0 Å². The number of hydrogen-bond donors (Lipinski definition) is 1. The van der Waals surface area contributed by atoms with E-state index in [9.17, 15) is 0 Å². The maximum Gasteiger partial charge on any atom is 0.102 e. The van der Waals surface area contributed by atoms with E-state index < -0.39 is 0 Å². The molecule has 1 aliphatic heterocycles. The monoisotopic (exact) mass is 193 g/mol. The van der Waals surface area contributed by atoms with Gasteiger partial charge in [-0.1, -0.05) is 12.2 Å². The van der Waals surface area contributed by atoms with Crippen molar-refractivity contribution in [2.45, 2.75) is 18.9 Å². The average molecular weight is 193 g/mol. The summed E-state index contributed by atoms with van der Waals surface area (Å²) in [6.45, 7) is 0.662. The van der Waals surface area contributed by atoms with Crippen LogP contribution >= 0.6 is 0 Å². The zero-order chi connectivity index (χ0) is 9.97. The minimum absolute atomic E-state index is 0.0810. The van der Waals surface area contributed by atoms with Crippen molar-refractivity contribution in [2.75, 3.05) is 12.3 Å². The second kappa shape index (κ2) is 3.84. The van der Waals surface area contributed by atoms with Gasteiger partial charge in [-0.2, -0.15) is 5.10 Å². The third kappa shape index (κ3) is 1.65. The largest absolute Gasteiger partial charge is 0.396 e. The minimum Gasteiger partial charge on any atom is -0.396 e. The molecule has 0 fully saturated rings. The Labute approximate surface area is 83.4 Å². The topological polar surface area (TPSA) is 53.1 Å². The van der Waals surface area contributed by atoms with Gasteiger partial charge < -0.3 is 10.5 Å². The first kappa shape index (κ1) is 9.27. The summed E-state index contributed by atoms with van der Waals surface area (Å²) < 4.78 is 7.48. The van der Waals surface area contributed by atoms with Crippen LogP contribution in [0, 0.1) is 0 Å². The van der Waals surface area contributed by atoms with E-state index in [4.69, 9.17) is 10.5 Å². The lowest BCUT2D eigenvalue weighted by Crippen LogP contribution is -2.10. The standard InChI is InChI=1S/C10H15N3O/c1-13-10(8(11)7-12-13)9-5-3-2-4-6-14-9/h2,4,7,9H,3,5-6,11H2,1H3. The highest BCUT2D eigenvalue weighted by atomic mass is 16.5. The Balaban J connectivity index is 2.21. The lowest BCUT2D eigenvalue weighted by atomic mass is 10.1. The summed E-state index contributed by atoms with van der Waals surface area (Å²) in [5.74, 6) is 0. The number of anilines is 1. The molecule has 4 nitrogen and oxygen atoms in total. The van der Waals surface area contributed by atoms with Crippen LogP contribution in [0.4, 0.5) is 5.69 Å². The normalized spacial score (nSPS) is 22.2. The summed E-state index contributed by atoms with van der Waals surface area (Å²) >= 11 is 0. The Morgan fingerprint density at radius 1 is 1.57 bits per heavy atom. The molecular weight excluding hydrogens is 178 g/mol. The zero-order valence-electron chi connectivity index (χ0n) is 8.31. The Morgan fingerprint density at radius 3 is 3.14 bits per heavy atom. The van der Waals surface area contributed by atoms with Crippen LogP contribution < -0.4 is 5.73 Å². The average Bonchev–Trinajstić information content (AvgIpc) is 2.45. The maximum atomic E-state index is 5.84. The summed E-state index contributed by atoms with van der Waals surface area (Å²) in [7, 11) is 1.90. The quantitative estimate of drug-likeness (QED) is 0.686. The molecule has 4 heteroatoms. The van der Waals surface area contributed by atoms with Crippen molar-refractivity contribution in [3.63, 3.8) is 0 Å². The fourth-order valence-corrected chi connectivity index (χ4v) is 1.76. The predicted molar refractivity (Wildman–Crippen MR) is 54.7 cm³/mol. The van der Waals surface area contributed by atoms with Gasteiger partial charge in [-0.05, 0) is 12.8 Å². The number of nitrogens with two attached hydrogens (primary N) is 1. The fourth-order valence-electron chi connectivity index (χ4n) is 1.76. The van der Waals surface area contributed by atoms with Crippen LogP contribution in [0.1, 0.15) is 24.6 Å². The summed E-state index contributed by atoms with van der Waals surface area (Å²) in [6.07, 6.45) is 7.96. The molecule has 0 aromatic carbocycles. The molecule has 76 valence electrons. The molecule has 0 saturated carbocycles. The molecule has 1 aromatic rings. The number of aryl methyl sites for hydroxylation is 1. The zero-order valence-corrected chi connectivity index (χ0v) is 8.31. The lowest BCUT2D eigenvalue weighted by molar-refractivity contribution is 0.0669. The summed E-state index contributed by atoms with van der Waals surface area (Å²) in [4.78, 5) is 0. The van der Waals surface area contributed by atoms with Gasteiger partial charge in [0.25, 0.3) is 0 Å². The highest BCUT2D eigenvalue weighted by molar-refractivity contribution is 5.42. The molecule has 0 aliphatic carbocycles. The van der Waals surface area contributed by atoms with Gasteiger partial charge in [-0.3, -0.25) is 4.68 Å². The van der Waals surface area contributed by atoms with Crippen LogP contribution in [0.2, 0.25) is 0 Å². The number of nitrogens with zero attached hydrogens (tertiary/aromatic N) is 2. The number of hydrogen-bond acceptors (Lipinski definition) is 3. The van der Waals surface area contributed by atoms with Crippen LogP contribution in [0.5, 0.6) is 0 Å². The van der Waals surface area contributed by atoms with E-state index in [1.54, 1.807) is 10.9 Å². The molecule has 0 bridgehead atoms. The maximum absolute atomic E-state index is 5.84. The number of aromatic nitrogens is 2. The molecule has 1 unspecified atom stereocenters. The number of nitrogen functional groups attached to an aromatic ring is 1. The first-order valence-electron chi connectivity index (χ1n) is 4.83. The van der Waals surface area contributed by atoms with Gasteiger partial charge in [0.2, 0.25) is 0 Å². The van der Waals surface area contributed by atoms with E-state index in [-0.39, 0.29) is 6.10 Å². The highest BCUT2D eigenvalue weighted by Crippen LogP contribution is 2.28. The number of ether oxygens (including phenoxy) is 1.